The van der Waals surface area contributed by atoms with Crippen LogP contribution in [0.2, 0.25) is 0 Å². The molecule has 35 heavy (non-hydrogen) atoms. The van der Waals surface area contributed by atoms with Crippen LogP contribution in [0.5, 0.6) is 0 Å². The summed E-state index contributed by atoms with van der Waals surface area (Å²) in [5, 5.41) is 1.89. The molecule has 2 atom stereocenters. The fourth-order valence-corrected chi connectivity index (χ4v) is 14.5. The van der Waals surface area contributed by atoms with Crippen LogP contribution in [0, 0.1) is 0 Å². The zero-order valence-electron chi connectivity index (χ0n) is 21.7. The fourth-order valence-electron chi connectivity index (χ4n) is 5.45. The van der Waals surface area contributed by atoms with Gasteiger partial charge in [-0.25, -0.2) is 0 Å². The summed E-state index contributed by atoms with van der Waals surface area (Å²) in [7, 11) is 0.00170. The summed E-state index contributed by atoms with van der Waals surface area (Å²) in [5.41, 5.74) is 7.95. The Balaban J connectivity index is 0.00000216. The average molecular weight is 607 g/mol. The maximum atomic E-state index is 2.67. The standard InChI is InChI=1S/C21H32P.C10H9.2ClH.Zr/c1-3-5-7-11-15-22(16-12-8-6-4-2)21-17-19-13-9-10-14-20(19)18-21;1-8-6-9-4-2-3-5-10(9)7-8;;;/h9-10,13-14,17-18H,3-8,11-12,15-16H2,1-2H3;2-7H,1H3;2*1H;/q;;;;+2/p-2. The van der Waals surface area contributed by atoms with Crippen molar-refractivity contribution in [2.45, 2.75) is 79.4 Å². The summed E-state index contributed by atoms with van der Waals surface area (Å²) >= 11 is -0.739. The van der Waals surface area contributed by atoms with Crippen LogP contribution in [-0.4, -0.2) is 12.3 Å². The Hall–Kier alpha value is -0.187. The molecular formula is C31H41Cl2PZr. The van der Waals surface area contributed by atoms with E-state index >= 15 is 0 Å². The number of allylic oxidation sites excluding steroid dienone is 2. The predicted octanol–water partition coefficient (Wildman–Crippen LogP) is 3.97. The average Bonchev–Trinajstić information content (AvgIpc) is 3.36. The third-order valence-corrected chi connectivity index (χ3v) is 15.8. The molecular weight excluding hydrogens is 565 g/mol. The first kappa shape index (κ1) is 31.0. The molecule has 2 unspecified atom stereocenters. The van der Waals surface area contributed by atoms with Gasteiger partial charge in [-0.2, -0.15) is 0 Å². The van der Waals surface area contributed by atoms with E-state index in [4.69, 9.17) is 0 Å². The number of hydrogen-bond donors (Lipinski definition) is 0. The first-order valence-electron chi connectivity index (χ1n) is 13.3. The van der Waals surface area contributed by atoms with E-state index in [-0.39, 0.29) is 32.7 Å². The van der Waals surface area contributed by atoms with E-state index in [1.165, 1.54) is 69.3 Å². The Morgan fingerprint density at radius 2 is 1.17 bits per heavy atom. The summed E-state index contributed by atoms with van der Waals surface area (Å²) in [6, 6.07) is 18.6. The van der Waals surface area contributed by atoms with Gasteiger partial charge >= 0.3 is 217 Å². The Morgan fingerprint density at radius 3 is 1.74 bits per heavy atom. The molecule has 188 valence electrons. The van der Waals surface area contributed by atoms with E-state index in [9.17, 15) is 0 Å². The minimum absolute atomic E-state index is 0. The van der Waals surface area contributed by atoms with E-state index in [0.717, 1.165) is 7.25 Å². The zero-order valence-corrected chi connectivity index (χ0v) is 26.6. The van der Waals surface area contributed by atoms with Crippen molar-refractivity contribution in [3.8, 4) is 0 Å². The Kier molecular flexibility index (Phi) is 14.1. The van der Waals surface area contributed by atoms with Gasteiger partial charge in [-0.05, 0) is 0 Å². The van der Waals surface area contributed by atoms with Crippen molar-refractivity contribution in [2.24, 2.45) is 0 Å². The number of halogens is 2. The molecule has 4 rings (SSSR count). The molecule has 0 N–H and O–H groups in total. The van der Waals surface area contributed by atoms with Gasteiger partial charge in [-0.15, -0.1) is 0 Å². The second-order valence-corrected chi connectivity index (χ2v) is 16.0. The molecule has 0 nitrogen and oxygen atoms in total. The van der Waals surface area contributed by atoms with Crippen LogP contribution in [0.3, 0.4) is 0 Å². The molecule has 0 heterocycles. The molecule has 2 aliphatic carbocycles. The molecule has 0 saturated heterocycles. The van der Waals surface area contributed by atoms with Crippen molar-refractivity contribution < 1.29 is 48.0 Å². The molecule has 2 aromatic carbocycles. The van der Waals surface area contributed by atoms with E-state index in [1.807, 2.05) is 5.31 Å². The van der Waals surface area contributed by atoms with Gasteiger partial charge < -0.3 is 24.8 Å². The molecule has 4 heteroatoms. The minimum Gasteiger partial charge on any atom is -1.00 e. The van der Waals surface area contributed by atoms with Gasteiger partial charge in [-0.3, -0.25) is 0 Å². The van der Waals surface area contributed by atoms with Gasteiger partial charge in [0.1, 0.15) is 0 Å². The number of unbranched alkanes of at least 4 members (excludes halogenated alkanes) is 6. The van der Waals surface area contributed by atoms with Gasteiger partial charge in [0.15, 0.2) is 0 Å². The maximum Gasteiger partial charge on any atom is -1.00 e. The second-order valence-electron chi connectivity index (χ2n) is 9.86. The number of rotatable bonds is 13. The summed E-state index contributed by atoms with van der Waals surface area (Å²) in [5.74, 6) is 0. The van der Waals surface area contributed by atoms with Crippen molar-refractivity contribution in [3.05, 3.63) is 81.7 Å². The summed E-state index contributed by atoms with van der Waals surface area (Å²) in [6.45, 7) is 7.07. The van der Waals surface area contributed by atoms with Crippen LogP contribution in [-0.2, 0) is 23.2 Å². The van der Waals surface area contributed by atoms with Crippen LogP contribution in [0.25, 0.3) is 12.2 Å². The van der Waals surface area contributed by atoms with E-state index in [2.05, 4.69) is 81.5 Å². The predicted molar refractivity (Wildman–Crippen MR) is 145 cm³/mol. The summed E-state index contributed by atoms with van der Waals surface area (Å²) < 4.78 is 1.51. The van der Waals surface area contributed by atoms with Gasteiger partial charge in [-0.1, -0.05) is 0 Å². The number of benzene rings is 2. The normalized spacial score (nSPS) is 17.6. The fraction of sp³-hybridized carbons (Fsp3) is 0.484. The Morgan fingerprint density at radius 1 is 0.657 bits per heavy atom. The molecule has 2 aliphatic rings. The van der Waals surface area contributed by atoms with Crippen LogP contribution < -0.4 is 24.8 Å². The minimum atomic E-state index is -0.739. The largest absolute Gasteiger partial charge is 1.00 e. The van der Waals surface area contributed by atoms with Crippen molar-refractivity contribution >= 4 is 20.1 Å². The van der Waals surface area contributed by atoms with Crippen molar-refractivity contribution in [3.63, 3.8) is 0 Å². The van der Waals surface area contributed by atoms with Crippen molar-refractivity contribution in [1.82, 2.24) is 0 Å². The monoisotopic (exact) mass is 604 g/mol. The first-order chi connectivity index (χ1) is 16.2. The Bertz CT molecular complexity index is 971. The molecule has 0 bridgehead atoms. The van der Waals surface area contributed by atoms with E-state index in [1.54, 1.807) is 22.3 Å². The summed E-state index contributed by atoms with van der Waals surface area (Å²) in [6.07, 6.45) is 19.3. The molecule has 0 fully saturated rings. The maximum absolute atomic E-state index is 2.67. The number of hydrogen-bond acceptors (Lipinski definition) is 0. The third kappa shape index (κ3) is 7.90. The molecule has 0 amide bonds. The van der Waals surface area contributed by atoms with Gasteiger partial charge in [0.2, 0.25) is 0 Å². The zero-order chi connectivity index (χ0) is 23.0. The van der Waals surface area contributed by atoms with Crippen molar-refractivity contribution in [1.29, 1.82) is 0 Å². The van der Waals surface area contributed by atoms with Crippen molar-refractivity contribution in [2.75, 3.05) is 12.3 Å². The van der Waals surface area contributed by atoms with Crippen LogP contribution in [0.4, 0.5) is 0 Å². The van der Waals surface area contributed by atoms with E-state index < -0.39 is 23.2 Å². The topological polar surface area (TPSA) is 0 Å². The summed E-state index contributed by atoms with van der Waals surface area (Å²) in [4.78, 5) is 0. The number of fused-ring (bicyclic) bond motifs is 2. The van der Waals surface area contributed by atoms with Crippen LogP contribution >= 0.6 is 7.92 Å². The van der Waals surface area contributed by atoms with E-state index in [0.29, 0.717) is 0 Å². The third-order valence-electron chi connectivity index (χ3n) is 7.31. The van der Waals surface area contributed by atoms with Gasteiger partial charge in [0.05, 0.1) is 0 Å². The van der Waals surface area contributed by atoms with Gasteiger partial charge in [0.25, 0.3) is 0 Å². The van der Waals surface area contributed by atoms with Crippen LogP contribution in [0.1, 0.15) is 102 Å². The molecule has 0 saturated carbocycles. The first-order valence-corrected chi connectivity index (χ1v) is 17.9. The molecule has 0 radical (unpaired) electrons. The Labute approximate surface area is 240 Å². The SMILES string of the molecule is CCCCCCP(CCCCCC)C1=Cc2ccccc2[CH]1[Zr+2][CH]1C(C)=Cc2ccccc21.[Cl-].[Cl-]. The van der Waals surface area contributed by atoms with Gasteiger partial charge in [0, 0.05) is 0 Å². The van der Waals surface area contributed by atoms with Crippen LogP contribution in [0.15, 0.2) is 59.4 Å². The quantitative estimate of drug-likeness (QED) is 0.239. The molecule has 0 aliphatic heterocycles. The molecule has 0 spiro atoms. The second kappa shape index (κ2) is 15.9. The molecule has 2 aromatic rings. The molecule has 0 aromatic heterocycles. The smallest absolute Gasteiger partial charge is 1.00 e.